The summed E-state index contributed by atoms with van der Waals surface area (Å²) in [4.78, 5) is 62.2. The number of benzene rings is 3. The standard InChI is InChI=1S/C30H36N8O4.C2H4O2/c31-28(32)34-17-7-12-24(37-27(40)25(22-8-3-1-4-9-22)23-10-5-2-6-11-23)26(39)35-18-20-13-15-21(16-14-20)19-36-30(42)38-29(33)41;1-2(3)4/h1-6,8-11,13-16,24-25H,7,12,17-19H2,(H,35,39)(H,37,40)(H4,31,32,34)(H4,33,36,38,41,42);1H3,(H,3,4)/t24-;/m1./s1. The van der Waals surface area contributed by atoms with Crippen LogP contribution in [-0.2, 0) is 27.5 Å². The summed E-state index contributed by atoms with van der Waals surface area (Å²) in [7, 11) is 0. The number of nitrogens with zero attached hydrogens (tertiary/aromatic N) is 1. The van der Waals surface area contributed by atoms with Gasteiger partial charge < -0.3 is 38.3 Å². The highest BCUT2D eigenvalue weighted by Gasteiger charge is 2.27. The summed E-state index contributed by atoms with van der Waals surface area (Å²) >= 11 is 0. The molecule has 0 fully saturated rings. The van der Waals surface area contributed by atoms with Crippen molar-refractivity contribution in [3.8, 4) is 0 Å². The second-order valence-corrected chi connectivity index (χ2v) is 9.99. The van der Waals surface area contributed by atoms with E-state index in [0.29, 0.717) is 19.4 Å². The first-order valence-corrected chi connectivity index (χ1v) is 14.3. The second-order valence-electron chi connectivity index (χ2n) is 9.99. The number of urea groups is 2. The first-order chi connectivity index (χ1) is 22.0. The van der Waals surface area contributed by atoms with Gasteiger partial charge in [-0.05, 0) is 35.1 Å². The summed E-state index contributed by atoms with van der Waals surface area (Å²) in [6.07, 6.45) is 0.797. The Morgan fingerprint density at radius 2 is 1.22 bits per heavy atom. The Kier molecular flexibility index (Phi) is 15.3. The van der Waals surface area contributed by atoms with Gasteiger partial charge in [-0.3, -0.25) is 24.7 Å². The summed E-state index contributed by atoms with van der Waals surface area (Å²) in [6.45, 7) is 1.80. The molecule has 0 heterocycles. The maximum atomic E-state index is 13.7. The number of amides is 6. The van der Waals surface area contributed by atoms with Gasteiger partial charge in [0, 0.05) is 26.6 Å². The molecule has 0 aromatic heterocycles. The lowest BCUT2D eigenvalue weighted by atomic mass is 9.90. The highest BCUT2D eigenvalue weighted by Crippen LogP contribution is 2.25. The quantitative estimate of drug-likeness (QED) is 0.0780. The molecule has 11 N–H and O–H groups in total. The van der Waals surface area contributed by atoms with Crippen LogP contribution in [0.25, 0.3) is 0 Å². The molecular formula is C32H40N8O6. The molecule has 3 aromatic carbocycles. The zero-order chi connectivity index (χ0) is 33.9. The Hall–Kier alpha value is -5.92. The lowest BCUT2D eigenvalue weighted by molar-refractivity contribution is -0.134. The summed E-state index contributed by atoms with van der Waals surface area (Å²) in [5.41, 5.74) is 19.0. The number of nitrogens with two attached hydrogens (primary N) is 3. The maximum absolute atomic E-state index is 13.7. The first kappa shape index (κ1) is 36.3. The molecule has 14 heteroatoms. The van der Waals surface area contributed by atoms with E-state index in [9.17, 15) is 19.2 Å². The third kappa shape index (κ3) is 14.0. The second kappa shape index (κ2) is 19.4. The lowest BCUT2D eigenvalue weighted by Gasteiger charge is -2.23. The molecule has 46 heavy (non-hydrogen) atoms. The normalized spacial score (nSPS) is 10.7. The number of carboxylic acids is 1. The van der Waals surface area contributed by atoms with Gasteiger partial charge in [0.15, 0.2) is 5.96 Å². The van der Waals surface area contributed by atoms with Gasteiger partial charge >= 0.3 is 12.1 Å². The topological polar surface area (TPSA) is 244 Å². The van der Waals surface area contributed by atoms with E-state index >= 15 is 0 Å². The highest BCUT2D eigenvalue weighted by atomic mass is 16.4. The summed E-state index contributed by atoms with van der Waals surface area (Å²) in [5, 5.41) is 17.7. The van der Waals surface area contributed by atoms with E-state index in [-0.39, 0.29) is 30.9 Å². The number of imide groups is 1. The number of aliphatic imine (C=N–C) groups is 1. The minimum atomic E-state index is -0.944. The molecule has 0 aliphatic carbocycles. The minimum absolute atomic E-state index is 0.0413. The number of carboxylic acid groups (broad SMARTS) is 1. The van der Waals surface area contributed by atoms with Crippen LogP contribution in [0.2, 0.25) is 0 Å². The summed E-state index contributed by atoms with van der Waals surface area (Å²) in [6, 6.07) is 23.5. The van der Waals surface area contributed by atoms with Gasteiger partial charge in [0.25, 0.3) is 5.97 Å². The van der Waals surface area contributed by atoms with Gasteiger partial charge in [-0.2, -0.15) is 0 Å². The SMILES string of the molecule is CC(=O)O.NC(=O)NC(=O)NCc1ccc(CNC(=O)[C@@H](CCCN=C(N)N)NC(=O)C(c2ccccc2)c2ccccc2)cc1. The van der Waals surface area contributed by atoms with E-state index in [2.05, 4.69) is 20.9 Å². The predicted molar refractivity (Wildman–Crippen MR) is 173 cm³/mol. The Morgan fingerprint density at radius 1 is 0.739 bits per heavy atom. The molecule has 6 amide bonds. The number of carbonyl (C=O) groups is 5. The van der Waals surface area contributed by atoms with E-state index in [4.69, 9.17) is 27.1 Å². The third-order valence-corrected chi connectivity index (χ3v) is 6.29. The Labute approximate surface area is 266 Å². The van der Waals surface area contributed by atoms with Crippen molar-refractivity contribution in [3.63, 3.8) is 0 Å². The molecule has 0 spiro atoms. The van der Waals surface area contributed by atoms with Crippen molar-refractivity contribution in [2.75, 3.05) is 6.54 Å². The number of hydrogen-bond donors (Lipinski definition) is 8. The van der Waals surface area contributed by atoms with Gasteiger partial charge in [-0.15, -0.1) is 0 Å². The number of carbonyl (C=O) groups excluding carboxylic acids is 4. The fourth-order valence-electron chi connectivity index (χ4n) is 4.24. The van der Waals surface area contributed by atoms with Gasteiger partial charge in [-0.25, -0.2) is 9.59 Å². The summed E-state index contributed by atoms with van der Waals surface area (Å²) < 4.78 is 0. The molecule has 0 aliphatic rings. The average molecular weight is 633 g/mol. The van der Waals surface area contributed by atoms with Crippen molar-refractivity contribution < 1.29 is 29.1 Å². The molecule has 244 valence electrons. The molecule has 0 aliphatic heterocycles. The minimum Gasteiger partial charge on any atom is -0.481 e. The number of rotatable bonds is 13. The van der Waals surface area contributed by atoms with Crippen LogP contribution in [-0.4, -0.2) is 53.5 Å². The number of guanidine groups is 1. The Bertz CT molecular complexity index is 1420. The molecule has 14 nitrogen and oxygen atoms in total. The van der Waals surface area contributed by atoms with Crippen molar-refractivity contribution in [1.29, 1.82) is 0 Å². The Morgan fingerprint density at radius 3 is 1.67 bits per heavy atom. The molecule has 0 bridgehead atoms. The van der Waals surface area contributed by atoms with E-state index < -0.39 is 30.0 Å². The number of nitrogens with one attached hydrogen (secondary N) is 4. The smallest absolute Gasteiger partial charge is 0.323 e. The van der Waals surface area contributed by atoms with E-state index in [0.717, 1.165) is 29.2 Å². The average Bonchev–Trinajstić information content (AvgIpc) is 3.01. The molecular weight excluding hydrogens is 592 g/mol. The first-order valence-electron chi connectivity index (χ1n) is 14.3. The van der Waals surface area contributed by atoms with Crippen LogP contribution >= 0.6 is 0 Å². The number of hydrogen-bond acceptors (Lipinski definition) is 6. The van der Waals surface area contributed by atoms with Crippen molar-refractivity contribution in [2.24, 2.45) is 22.2 Å². The lowest BCUT2D eigenvalue weighted by Crippen LogP contribution is -2.48. The fraction of sp³-hybridized carbons (Fsp3) is 0.250. The van der Waals surface area contributed by atoms with Gasteiger partial charge in [0.05, 0.1) is 5.92 Å². The van der Waals surface area contributed by atoms with Crippen molar-refractivity contribution >= 4 is 35.8 Å². The van der Waals surface area contributed by atoms with E-state index in [1.54, 1.807) is 24.3 Å². The zero-order valence-electron chi connectivity index (χ0n) is 25.4. The van der Waals surface area contributed by atoms with Crippen LogP contribution in [0, 0.1) is 0 Å². The van der Waals surface area contributed by atoms with E-state index in [1.165, 1.54) is 0 Å². The monoisotopic (exact) mass is 632 g/mol. The van der Waals surface area contributed by atoms with Gasteiger partial charge in [0.1, 0.15) is 6.04 Å². The molecule has 1 atom stereocenters. The predicted octanol–water partition coefficient (Wildman–Crippen LogP) is 1.64. The van der Waals surface area contributed by atoms with Crippen molar-refractivity contribution in [3.05, 3.63) is 107 Å². The Balaban J connectivity index is 0.00000173. The number of primary amides is 1. The molecule has 0 unspecified atom stereocenters. The molecule has 3 rings (SSSR count). The molecule has 0 saturated carbocycles. The third-order valence-electron chi connectivity index (χ3n) is 6.29. The van der Waals surface area contributed by atoms with E-state index in [1.807, 2.05) is 66.0 Å². The van der Waals surface area contributed by atoms with Gasteiger partial charge in [-0.1, -0.05) is 84.9 Å². The largest absolute Gasteiger partial charge is 0.481 e. The van der Waals surface area contributed by atoms with Crippen molar-refractivity contribution in [2.45, 2.75) is 44.8 Å². The van der Waals surface area contributed by atoms with Crippen LogP contribution in [0.15, 0.2) is 89.9 Å². The van der Waals surface area contributed by atoms with Crippen LogP contribution in [0.4, 0.5) is 9.59 Å². The van der Waals surface area contributed by atoms with Crippen molar-refractivity contribution in [1.82, 2.24) is 21.3 Å². The molecule has 3 aromatic rings. The number of aliphatic carboxylic acids is 1. The van der Waals surface area contributed by atoms with Crippen LogP contribution < -0.4 is 38.5 Å². The maximum Gasteiger partial charge on any atom is 0.323 e. The molecule has 0 saturated heterocycles. The fourth-order valence-corrected chi connectivity index (χ4v) is 4.24. The van der Waals surface area contributed by atoms with Gasteiger partial charge in [0.2, 0.25) is 11.8 Å². The van der Waals surface area contributed by atoms with Crippen LogP contribution in [0.1, 0.15) is 47.9 Å². The van der Waals surface area contributed by atoms with Crippen LogP contribution in [0.5, 0.6) is 0 Å². The van der Waals surface area contributed by atoms with Crippen LogP contribution in [0.3, 0.4) is 0 Å². The molecule has 0 radical (unpaired) electrons. The summed E-state index contributed by atoms with van der Waals surface area (Å²) in [5.74, 6) is -2.12. The zero-order valence-corrected chi connectivity index (χ0v) is 25.4. The highest BCUT2D eigenvalue weighted by molar-refractivity contribution is 5.93.